The minimum atomic E-state index is 0.444. The maximum Gasteiger partial charge on any atom is 0.150 e. The summed E-state index contributed by atoms with van der Waals surface area (Å²) < 4.78 is 8.19. The number of nitrogens with two attached hydrogens (primary N) is 1. The highest BCUT2D eigenvalue weighted by Crippen LogP contribution is 2.43. The van der Waals surface area contributed by atoms with Crippen molar-refractivity contribution in [1.29, 1.82) is 0 Å². The Balaban J connectivity index is 1.40. The minimum absolute atomic E-state index is 0.444. The molecule has 1 saturated carbocycles. The third-order valence-corrected chi connectivity index (χ3v) is 6.43. The van der Waals surface area contributed by atoms with Crippen LogP contribution in [0.15, 0.2) is 67.0 Å². The van der Waals surface area contributed by atoms with Crippen LogP contribution >= 0.6 is 0 Å². The van der Waals surface area contributed by atoms with Crippen molar-refractivity contribution < 1.29 is 4.74 Å². The lowest BCUT2D eigenvalue weighted by molar-refractivity contribution is 0.246. The molecule has 0 atom stereocenters. The van der Waals surface area contributed by atoms with Crippen LogP contribution in [0, 0.1) is 5.92 Å². The Labute approximate surface area is 194 Å². The first-order chi connectivity index (χ1) is 16.2. The second-order valence-electron chi connectivity index (χ2n) is 8.89. The van der Waals surface area contributed by atoms with Crippen molar-refractivity contribution in [2.75, 3.05) is 18.8 Å². The first-order valence-electron chi connectivity index (χ1n) is 11.8. The second kappa shape index (κ2) is 9.63. The first-order valence-corrected chi connectivity index (χ1v) is 11.8. The van der Waals surface area contributed by atoms with Gasteiger partial charge in [0.15, 0.2) is 0 Å². The van der Waals surface area contributed by atoms with Gasteiger partial charge in [-0.3, -0.25) is 4.40 Å². The molecule has 0 bridgehead atoms. The number of nitrogens with one attached hydrogen (secondary N) is 1. The standard InChI is InChI=1S/C27H31N5O/c1-2-11-29-17-20-14-22(15-20)27-31-24(25-26(28)30-12-13-32(25)27)21-9-6-10-23(16-21)33-18-19-7-4-3-5-8-19/h3-10,12-13,16,20,22,29H,2,11,14-15,17-18H2,1H3,(H2,28,30). The lowest BCUT2D eigenvalue weighted by atomic mass is 9.74. The molecule has 0 spiro atoms. The van der Waals surface area contributed by atoms with E-state index in [1.54, 1.807) is 6.20 Å². The number of nitrogen functional groups attached to an aromatic ring is 1. The largest absolute Gasteiger partial charge is 0.489 e. The zero-order valence-corrected chi connectivity index (χ0v) is 19.1. The van der Waals surface area contributed by atoms with Gasteiger partial charge in [-0.1, -0.05) is 49.4 Å². The fourth-order valence-corrected chi connectivity index (χ4v) is 4.65. The molecule has 6 nitrogen and oxygen atoms in total. The van der Waals surface area contributed by atoms with Gasteiger partial charge in [0.25, 0.3) is 0 Å². The van der Waals surface area contributed by atoms with E-state index in [1.165, 1.54) is 6.42 Å². The zero-order valence-electron chi connectivity index (χ0n) is 19.1. The summed E-state index contributed by atoms with van der Waals surface area (Å²) >= 11 is 0. The quantitative estimate of drug-likeness (QED) is 0.355. The van der Waals surface area contributed by atoms with Crippen LogP contribution in [-0.4, -0.2) is 27.5 Å². The van der Waals surface area contributed by atoms with Crippen LogP contribution in [-0.2, 0) is 6.61 Å². The normalized spacial score (nSPS) is 17.7. The Hall–Kier alpha value is -3.38. The van der Waals surface area contributed by atoms with Crippen molar-refractivity contribution >= 4 is 11.3 Å². The van der Waals surface area contributed by atoms with Gasteiger partial charge in [-0.25, -0.2) is 9.97 Å². The van der Waals surface area contributed by atoms with Crippen LogP contribution in [0.5, 0.6) is 5.75 Å². The molecule has 1 fully saturated rings. The van der Waals surface area contributed by atoms with E-state index in [0.717, 1.165) is 59.8 Å². The topological polar surface area (TPSA) is 77.5 Å². The molecule has 2 heterocycles. The maximum atomic E-state index is 6.34. The monoisotopic (exact) mass is 441 g/mol. The number of nitrogens with zero attached hydrogens (tertiary/aromatic N) is 3. The molecule has 0 unspecified atom stereocenters. The van der Waals surface area contributed by atoms with Gasteiger partial charge in [0.1, 0.15) is 35.2 Å². The summed E-state index contributed by atoms with van der Waals surface area (Å²) in [6.07, 6.45) is 7.21. The van der Waals surface area contributed by atoms with Gasteiger partial charge in [0.05, 0.1) is 0 Å². The van der Waals surface area contributed by atoms with Gasteiger partial charge in [-0.2, -0.15) is 0 Å². The lowest BCUT2D eigenvalue weighted by Gasteiger charge is -2.34. The third kappa shape index (κ3) is 4.57. The Morgan fingerprint density at radius 3 is 2.79 bits per heavy atom. The van der Waals surface area contributed by atoms with Gasteiger partial charge in [-0.15, -0.1) is 0 Å². The molecule has 0 aliphatic heterocycles. The molecule has 1 aliphatic rings. The van der Waals surface area contributed by atoms with Gasteiger partial charge < -0.3 is 15.8 Å². The van der Waals surface area contributed by atoms with E-state index in [-0.39, 0.29) is 0 Å². The highest BCUT2D eigenvalue weighted by molar-refractivity contribution is 5.85. The first kappa shape index (κ1) is 21.5. The number of imidazole rings is 1. The van der Waals surface area contributed by atoms with E-state index >= 15 is 0 Å². The predicted molar refractivity (Wildman–Crippen MR) is 132 cm³/mol. The van der Waals surface area contributed by atoms with E-state index in [2.05, 4.69) is 39.8 Å². The van der Waals surface area contributed by atoms with Crippen molar-refractivity contribution in [3.8, 4) is 17.0 Å². The summed E-state index contributed by atoms with van der Waals surface area (Å²) in [5.41, 5.74) is 10.2. The molecule has 4 aromatic rings. The molecule has 0 amide bonds. The predicted octanol–water partition coefficient (Wildman–Crippen LogP) is 5.05. The number of hydrogen-bond donors (Lipinski definition) is 2. The van der Waals surface area contributed by atoms with Crippen LogP contribution in [0.1, 0.15) is 43.5 Å². The molecular weight excluding hydrogens is 410 g/mol. The molecule has 2 aromatic carbocycles. The molecule has 3 N–H and O–H groups in total. The Kier molecular flexibility index (Phi) is 6.26. The smallest absolute Gasteiger partial charge is 0.150 e. The van der Waals surface area contributed by atoms with E-state index in [4.69, 9.17) is 15.5 Å². The molecule has 33 heavy (non-hydrogen) atoms. The fourth-order valence-electron chi connectivity index (χ4n) is 4.65. The molecule has 5 rings (SSSR count). The summed E-state index contributed by atoms with van der Waals surface area (Å²) in [6, 6.07) is 18.3. The Morgan fingerprint density at radius 1 is 1.12 bits per heavy atom. The highest BCUT2D eigenvalue weighted by atomic mass is 16.5. The minimum Gasteiger partial charge on any atom is -0.489 e. The third-order valence-electron chi connectivity index (χ3n) is 6.43. The van der Waals surface area contributed by atoms with Gasteiger partial charge in [0, 0.05) is 23.9 Å². The van der Waals surface area contributed by atoms with Gasteiger partial charge >= 0.3 is 0 Å². The summed E-state index contributed by atoms with van der Waals surface area (Å²) in [5, 5.41) is 3.55. The molecule has 0 radical (unpaired) electrons. The van der Waals surface area contributed by atoms with E-state index in [1.807, 2.05) is 42.6 Å². The number of aromatic nitrogens is 3. The number of hydrogen-bond acceptors (Lipinski definition) is 5. The highest BCUT2D eigenvalue weighted by Gasteiger charge is 2.34. The summed E-state index contributed by atoms with van der Waals surface area (Å²) in [4.78, 5) is 9.45. The second-order valence-corrected chi connectivity index (χ2v) is 8.89. The van der Waals surface area contributed by atoms with Gasteiger partial charge in [-0.05, 0) is 56.0 Å². The molecule has 1 aliphatic carbocycles. The molecule has 2 aromatic heterocycles. The van der Waals surface area contributed by atoms with Crippen LogP contribution < -0.4 is 15.8 Å². The van der Waals surface area contributed by atoms with Crippen LogP contribution in [0.4, 0.5) is 5.82 Å². The van der Waals surface area contributed by atoms with E-state index < -0.39 is 0 Å². The molecule has 0 saturated heterocycles. The Bertz CT molecular complexity index is 1210. The van der Waals surface area contributed by atoms with Crippen molar-refractivity contribution in [1.82, 2.24) is 19.7 Å². The lowest BCUT2D eigenvalue weighted by Crippen LogP contribution is -2.33. The Morgan fingerprint density at radius 2 is 1.97 bits per heavy atom. The van der Waals surface area contributed by atoms with Crippen LogP contribution in [0.25, 0.3) is 16.8 Å². The summed E-state index contributed by atoms with van der Waals surface area (Å²) in [6.45, 7) is 4.90. The number of rotatable bonds is 9. The van der Waals surface area contributed by atoms with Crippen molar-refractivity contribution in [3.05, 3.63) is 78.4 Å². The fraction of sp³-hybridized carbons (Fsp3) is 0.333. The van der Waals surface area contributed by atoms with E-state index in [9.17, 15) is 0 Å². The summed E-state index contributed by atoms with van der Waals surface area (Å²) in [5.74, 6) is 3.55. The average Bonchev–Trinajstić information content (AvgIpc) is 3.21. The number of fused-ring (bicyclic) bond motifs is 1. The van der Waals surface area contributed by atoms with Gasteiger partial charge in [0.2, 0.25) is 0 Å². The van der Waals surface area contributed by atoms with Crippen LogP contribution in [0.3, 0.4) is 0 Å². The molecular formula is C27H31N5O. The number of benzene rings is 2. The van der Waals surface area contributed by atoms with Crippen molar-refractivity contribution in [2.24, 2.45) is 5.92 Å². The molecule has 170 valence electrons. The van der Waals surface area contributed by atoms with Crippen LogP contribution in [0.2, 0.25) is 0 Å². The zero-order chi connectivity index (χ0) is 22.6. The molecule has 6 heteroatoms. The van der Waals surface area contributed by atoms with Crippen molar-refractivity contribution in [2.45, 2.75) is 38.7 Å². The number of ether oxygens (including phenoxy) is 1. The van der Waals surface area contributed by atoms with Crippen molar-refractivity contribution in [3.63, 3.8) is 0 Å². The number of anilines is 1. The average molecular weight is 442 g/mol. The maximum absolute atomic E-state index is 6.34. The summed E-state index contributed by atoms with van der Waals surface area (Å²) in [7, 11) is 0. The SMILES string of the molecule is CCCNCC1CC(c2nc(-c3cccc(OCc4ccccc4)c3)c3c(N)nccn23)C1. The van der Waals surface area contributed by atoms with E-state index in [0.29, 0.717) is 24.3 Å².